The van der Waals surface area contributed by atoms with Crippen LogP contribution in [0.2, 0.25) is 0 Å². The van der Waals surface area contributed by atoms with Gasteiger partial charge in [0, 0.05) is 49.4 Å². The quantitative estimate of drug-likeness (QED) is 0.548. The Hall–Kier alpha value is -3.30. The van der Waals surface area contributed by atoms with E-state index in [-0.39, 0.29) is 5.91 Å². The van der Waals surface area contributed by atoms with Crippen molar-refractivity contribution in [1.82, 2.24) is 15.6 Å². The van der Waals surface area contributed by atoms with Crippen molar-refractivity contribution in [2.45, 2.75) is 0 Å². The van der Waals surface area contributed by atoms with E-state index in [1.54, 1.807) is 18.5 Å². The van der Waals surface area contributed by atoms with Crippen LogP contribution < -0.4 is 15.5 Å². The number of piperazine rings is 1. The number of pyridine rings is 1. The van der Waals surface area contributed by atoms with Crippen LogP contribution in [0.25, 0.3) is 11.0 Å². The second-order valence-electron chi connectivity index (χ2n) is 5.99. The number of anilines is 1. The largest absolute Gasteiger partial charge is 0.462 e. The van der Waals surface area contributed by atoms with E-state index in [1.165, 1.54) is 0 Å². The fourth-order valence-electron chi connectivity index (χ4n) is 3.00. The van der Waals surface area contributed by atoms with Crippen molar-refractivity contribution in [2.75, 3.05) is 31.1 Å². The second-order valence-corrected chi connectivity index (χ2v) is 5.99. The molecule has 3 aromatic rings. The number of carbonyl (C=O) groups excluding carboxylic acids is 1. The maximum absolute atomic E-state index is 12.5. The van der Waals surface area contributed by atoms with Gasteiger partial charge in [0.1, 0.15) is 5.69 Å². The maximum atomic E-state index is 12.5. The SMILES string of the molecule is O=C(NC#Cc1ccccn1)c1cc(N2CCNCC2)c2occc2c1. The van der Waals surface area contributed by atoms with Crippen LogP contribution >= 0.6 is 0 Å². The lowest BCUT2D eigenvalue weighted by Crippen LogP contribution is -2.43. The molecule has 1 amide bonds. The Morgan fingerprint density at radius 3 is 2.92 bits per heavy atom. The van der Waals surface area contributed by atoms with Crippen LogP contribution in [0.5, 0.6) is 0 Å². The smallest absolute Gasteiger partial charge is 0.262 e. The number of benzene rings is 1. The van der Waals surface area contributed by atoms with Gasteiger partial charge < -0.3 is 14.6 Å². The normalized spacial score (nSPS) is 13.9. The molecule has 130 valence electrons. The van der Waals surface area contributed by atoms with Crippen LogP contribution in [0.15, 0.2) is 53.3 Å². The minimum atomic E-state index is -0.243. The Morgan fingerprint density at radius 2 is 2.12 bits per heavy atom. The van der Waals surface area contributed by atoms with Crippen molar-refractivity contribution < 1.29 is 9.21 Å². The molecule has 1 fully saturated rings. The van der Waals surface area contributed by atoms with Crippen molar-refractivity contribution in [3.63, 3.8) is 0 Å². The number of aromatic nitrogens is 1. The standard InChI is InChI=1S/C20H18N4O2/c25-20(23-7-4-17-3-1-2-6-22-17)16-13-15-5-12-26-19(15)18(14-16)24-10-8-21-9-11-24/h1-3,5-6,12-14,21H,8-11H2,(H,23,25). The van der Waals surface area contributed by atoms with E-state index >= 15 is 0 Å². The predicted molar refractivity (Wildman–Crippen MR) is 99.9 cm³/mol. The molecule has 0 bridgehead atoms. The van der Waals surface area contributed by atoms with Crippen LogP contribution in [0.4, 0.5) is 5.69 Å². The summed E-state index contributed by atoms with van der Waals surface area (Å²) in [4.78, 5) is 18.9. The average Bonchev–Trinajstić information content (AvgIpc) is 3.17. The zero-order chi connectivity index (χ0) is 17.8. The molecule has 1 aliphatic heterocycles. The first kappa shape index (κ1) is 16.2. The summed E-state index contributed by atoms with van der Waals surface area (Å²) in [5, 5.41) is 6.87. The van der Waals surface area contributed by atoms with Gasteiger partial charge in [-0.3, -0.25) is 10.1 Å². The molecule has 6 heteroatoms. The van der Waals surface area contributed by atoms with Crippen LogP contribution in [0.1, 0.15) is 16.1 Å². The number of carbonyl (C=O) groups is 1. The molecule has 0 spiro atoms. The second kappa shape index (κ2) is 7.30. The molecule has 0 saturated carbocycles. The number of nitrogens with one attached hydrogen (secondary N) is 2. The highest BCUT2D eigenvalue weighted by Gasteiger charge is 2.18. The Labute approximate surface area is 151 Å². The van der Waals surface area contributed by atoms with E-state index in [0.29, 0.717) is 11.3 Å². The lowest BCUT2D eigenvalue weighted by atomic mass is 10.1. The molecule has 1 aromatic carbocycles. The van der Waals surface area contributed by atoms with Crippen molar-refractivity contribution in [3.8, 4) is 12.0 Å². The van der Waals surface area contributed by atoms with Gasteiger partial charge in [-0.15, -0.1) is 0 Å². The average molecular weight is 346 g/mol. The minimum Gasteiger partial charge on any atom is -0.462 e. The Bertz CT molecular complexity index is 979. The summed E-state index contributed by atoms with van der Waals surface area (Å²) in [6.07, 6.45) is 3.32. The van der Waals surface area contributed by atoms with Gasteiger partial charge in [-0.05, 0) is 36.3 Å². The number of hydrogen-bond donors (Lipinski definition) is 2. The molecule has 0 radical (unpaired) electrons. The molecule has 0 aliphatic carbocycles. The number of furan rings is 1. The number of fused-ring (bicyclic) bond motifs is 1. The molecular weight excluding hydrogens is 328 g/mol. The van der Waals surface area contributed by atoms with Crippen LogP contribution in [-0.2, 0) is 0 Å². The Balaban J connectivity index is 1.59. The van der Waals surface area contributed by atoms with Gasteiger partial charge >= 0.3 is 0 Å². The highest BCUT2D eigenvalue weighted by molar-refractivity contribution is 6.02. The van der Waals surface area contributed by atoms with Crippen LogP contribution in [0.3, 0.4) is 0 Å². The lowest BCUT2D eigenvalue weighted by molar-refractivity contribution is 0.0973. The predicted octanol–water partition coefficient (Wildman–Crippen LogP) is 1.98. The molecular formula is C20H18N4O2. The first-order valence-electron chi connectivity index (χ1n) is 8.50. The summed E-state index contributed by atoms with van der Waals surface area (Å²) in [7, 11) is 0. The number of hydrogen-bond acceptors (Lipinski definition) is 5. The Kier molecular flexibility index (Phi) is 4.54. The maximum Gasteiger partial charge on any atom is 0.262 e. The van der Waals surface area contributed by atoms with E-state index in [0.717, 1.165) is 42.8 Å². The van der Waals surface area contributed by atoms with Gasteiger partial charge in [0.15, 0.2) is 5.58 Å². The summed E-state index contributed by atoms with van der Waals surface area (Å²) in [6, 6.07) is 13.7. The highest BCUT2D eigenvalue weighted by atomic mass is 16.3. The Morgan fingerprint density at radius 1 is 1.23 bits per heavy atom. The van der Waals surface area contributed by atoms with Gasteiger partial charge in [0.2, 0.25) is 0 Å². The third-order valence-corrected chi connectivity index (χ3v) is 4.28. The van der Waals surface area contributed by atoms with E-state index < -0.39 is 0 Å². The first-order chi connectivity index (χ1) is 12.8. The zero-order valence-corrected chi connectivity index (χ0v) is 14.2. The van der Waals surface area contributed by atoms with Gasteiger partial charge in [-0.2, -0.15) is 0 Å². The van der Waals surface area contributed by atoms with Crippen molar-refractivity contribution in [1.29, 1.82) is 0 Å². The van der Waals surface area contributed by atoms with Gasteiger partial charge in [0.25, 0.3) is 5.91 Å². The molecule has 2 N–H and O–H groups in total. The van der Waals surface area contributed by atoms with Crippen molar-refractivity contribution >= 4 is 22.6 Å². The molecule has 1 saturated heterocycles. The molecule has 2 aromatic heterocycles. The molecule has 1 aliphatic rings. The fourth-order valence-corrected chi connectivity index (χ4v) is 3.00. The molecule has 3 heterocycles. The van der Waals surface area contributed by atoms with E-state index in [4.69, 9.17) is 4.42 Å². The molecule has 0 unspecified atom stereocenters. The van der Waals surface area contributed by atoms with Crippen LogP contribution in [-0.4, -0.2) is 37.1 Å². The molecule has 6 nitrogen and oxygen atoms in total. The van der Waals surface area contributed by atoms with E-state index in [2.05, 4.69) is 32.5 Å². The van der Waals surface area contributed by atoms with Gasteiger partial charge in [-0.1, -0.05) is 6.07 Å². The van der Waals surface area contributed by atoms with Crippen LogP contribution in [0, 0.1) is 12.0 Å². The molecule has 26 heavy (non-hydrogen) atoms. The van der Waals surface area contributed by atoms with Gasteiger partial charge in [-0.25, -0.2) is 4.98 Å². The zero-order valence-electron chi connectivity index (χ0n) is 14.2. The number of rotatable bonds is 2. The lowest BCUT2D eigenvalue weighted by Gasteiger charge is -2.29. The van der Waals surface area contributed by atoms with Crippen molar-refractivity contribution in [3.05, 3.63) is 60.1 Å². The number of amides is 1. The summed E-state index contributed by atoms with van der Waals surface area (Å²) in [5.41, 5.74) is 2.92. The van der Waals surface area contributed by atoms with Crippen molar-refractivity contribution in [2.24, 2.45) is 0 Å². The fraction of sp³-hybridized carbons (Fsp3) is 0.200. The molecule has 0 atom stereocenters. The monoisotopic (exact) mass is 346 g/mol. The molecule has 4 rings (SSSR count). The summed E-state index contributed by atoms with van der Waals surface area (Å²) in [6.45, 7) is 3.57. The number of nitrogens with zero attached hydrogens (tertiary/aromatic N) is 2. The summed E-state index contributed by atoms with van der Waals surface area (Å²) >= 11 is 0. The third-order valence-electron chi connectivity index (χ3n) is 4.28. The summed E-state index contributed by atoms with van der Waals surface area (Å²) < 4.78 is 5.65. The third kappa shape index (κ3) is 3.39. The highest BCUT2D eigenvalue weighted by Crippen LogP contribution is 2.30. The topological polar surface area (TPSA) is 70.4 Å². The van der Waals surface area contributed by atoms with E-state index in [1.807, 2.05) is 30.3 Å². The minimum absolute atomic E-state index is 0.243. The van der Waals surface area contributed by atoms with Gasteiger partial charge in [0.05, 0.1) is 12.0 Å². The summed E-state index contributed by atoms with van der Waals surface area (Å²) in [5.74, 6) is 2.58. The first-order valence-corrected chi connectivity index (χ1v) is 8.50. The van der Waals surface area contributed by atoms with E-state index in [9.17, 15) is 4.79 Å².